The molecule has 3 aliphatic rings. The summed E-state index contributed by atoms with van der Waals surface area (Å²) in [4.78, 5) is 12.2. The summed E-state index contributed by atoms with van der Waals surface area (Å²) in [5, 5.41) is 6.69. The van der Waals surface area contributed by atoms with Gasteiger partial charge < -0.3 is 10.6 Å². The van der Waals surface area contributed by atoms with Crippen LogP contribution in [0.4, 0.5) is 0 Å². The average Bonchev–Trinajstić information content (AvgIpc) is 3.02. The van der Waals surface area contributed by atoms with Crippen molar-refractivity contribution in [3.8, 4) is 0 Å². The van der Waals surface area contributed by atoms with E-state index in [0.717, 1.165) is 25.4 Å². The van der Waals surface area contributed by atoms with Crippen LogP contribution < -0.4 is 10.6 Å². The topological polar surface area (TPSA) is 41.1 Å². The van der Waals surface area contributed by atoms with E-state index >= 15 is 0 Å². The zero-order valence-electron chi connectivity index (χ0n) is 10.8. The highest BCUT2D eigenvalue weighted by atomic mass is 16.1. The highest BCUT2D eigenvalue weighted by Crippen LogP contribution is 2.48. The van der Waals surface area contributed by atoms with E-state index in [1.54, 1.807) is 0 Å². The second-order valence-electron chi connectivity index (χ2n) is 6.59. The van der Waals surface area contributed by atoms with Crippen LogP contribution in [-0.2, 0) is 4.79 Å². The fourth-order valence-corrected chi connectivity index (χ4v) is 4.09. The van der Waals surface area contributed by atoms with Gasteiger partial charge in [0.1, 0.15) is 0 Å². The quantitative estimate of drug-likeness (QED) is 0.783. The van der Waals surface area contributed by atoms with E-state index in [0.29, 0.717) is 17.7 Å². The van der Waals surface area contributed by atoms with Gasteiger partial charge in [0.15, 0.2) is 0 Å². The molecule has 17 heavy (non-hydrogen) atoms. The lowest BCUT2D eigenvalue weighted by Gasteiger charge is -2.27. The van der Waals surface area contributed by atoms with Crippen molar-refractivity contribution in [1.29, 1.82) is 0 Å². The Hall–Kier alpha value is -0.570. The molecule has 2 saturated carbocycles. The second kappa shape index (κ2) is 4.27. The summed E-state index contributed by atoms with van der Waals surface area (Å²) in [7, 11) is 0. The molecule has 2 bridgehead atoms. The van der Waals surface area contributed by atoms with Crippen molar-refractivity contribution < 1.29 is 4.79 Å². The fourth-order valence-electron chi connectivity index (χ4n) is 4.09. The maximum Gasteiger partial charge on any atom is 0.223 e. The third-order valence-electron chi connectivity index (χ3n) is 5.18. The van der Waals surface area contributed by atoms with Crippen molar-refractivity contribution in [2.24, 2.45) is 17.8 Å². The number of carbonyl (C=O) groups excluding carboxylic acids is 1. The van der Waals surface area contributed by atoms with Crippen LogP contribution in [0, 0.1) is 17.8 Å². The van der Waals surface area contributed by atoms with Crippen molar-refractivity contribution in [1.82, 2.24) is 10.6 Å². The Labute approximate surface area is 104 Å². The van der Waals surface area contributed by atoms with Gasteiger partial charge in [-0.05, 0) is 57.4 Å². The molecule has 3 rings (SSSR count). The van der Waals surface area contributed by atoms with Crippen LogP contribution in [0.15, 0.2) is 0 Å². The van der Waals surface area contributed by atoms with Crippen molar-refractivity contribution in [2.75, 3.05) is 13.1 Å². The molecular formula is C14H24N2O. The van der Waals surface area contributed by atoms with Crippen molar-refractivity contribution in [3.05, 3.63) is 0 Å². The van der Waals surface area contributed by atoms with Crippen molar-refractivity contribution >= 4 is 5.91 Å². The minimum absolute atomic E-state index is 0.146. The zero-order chi connectivity index (χ0) is 11.9. The number of amides is 1. The van der Waals surface area contributed by atoms with Gasteiger partial charge in [0.05, 0.1) is 0 Å². The van der Waals surface area contributed by atoms with Crippen LogP contribution in [0.2, 0.25) is 0 Å². The summed E-state index contributed by atoms with van der Waals surface area (Å²) in [6.45, 7) is 4.13. The summed E-state index contributed by atoms with van der Waals surface area (Å²) in [5.74, 6) is 2.21. The maximum atomic E-state index is 12.2. The highest BCUT2D eigenvalue weighted by Gasteiger charge is 2.43. The van der Waals surface area contributed by atoms with E-state index in [1.807, 2.05) is 0 Å². The first-order valence-corrected chi connectivity index (χ1v) is 7.19. The highest BCUT2D eigenvalue weighted by molar-refractivity contribution is 5.79. The number of hydrogen-bond donors (Lipinski definition) is 2. The van der Waals surface area contributed by atoms with Crippen LogP contribution in [0.1, 0.15) is 45.4 Å². The molecule has 3 nitrogen and oxygen atoms in total. The molecule has 0 aromatic rings. The van der Waals surface area contributed by atoms with Crippen LogP contribution in [0.5, 0.6) is 0 Å². The monoisotopic (exact) mass is 236 g/mol. The van der Waals surface area contributed by atoms with E-state index < -0.39 is 0 Å². The Kier molecular flexibility index (Phi) is 2.89. The molecule has 1 heterocycles. The molecule has 0 spiro atoms. The molecule has 3 fully saturated rings. The maximum absolute atomic E-state index is 12.2. The number of fused-ring (bicyclic) bond motifs is 2. The van der Waals surface area contributed by atoms with E-state index in [9.17, 15) is 4.79 Å². The van der Waals surface area contributed by atoms with Gasteiger partial charge in [0.2, 0.25) is 5.91 Å². The molecule has 2 aliphatic carbocycles. The largest absolute Gasteiger partial charge is 0.354 e. The third-order valence-corrected chi connectivity index (χ3v) is 5.18. The van der Waals surface area contributed by atoms with Gasteiger partial charge in [-0.25, -0.2) is 0 Å². The van der Waals surface area contributed by atoms with Crippen LogP contribution in [0.25, 0.3) is 0 Å². The first kappa shape index (κ1) is 11.5. The van der Waals surface area contributed by atoms with Gasteiger partial charge in [0, 0.05) is 18.0 Å². The van der Waals surface area contributed by atoms with Gasteiger partial charge in [-0.1, -0.05) is 6.42 Å². The molecule has 96 valence electrons. The molecule has 4 unspecified atom stereocenters. The first-order chi connectivity index (χ1) is 8.16. The van der Waals surface area contributed by atoms with Crippen LogP contribution in [0.3, 0.4) is 0 Å². The van der Waals surface area contributed by atoms with E-state index in [4.69, 9.17) is 0 Å². The Balaban J connectivity index is 1.50. The minimum Gasteiger partial charge on any atom is -0.354 e. The van der Waals surface area contributed by atoms with E-state index in [-0.39, 0.29) is 5.54 Å². The molecule has 1 aliphatic heterocycles. The van der Waals surface area contributed by atoms with Gasteiger partial charge in [-0.2, -0.15) is 0 Å². The predicted octanol–water partition coefficient (Wildman–Crippen LogP) is 1.68. The Bertz CT molecular complexity index is 309. The number of rotatable bonds is 3. The Morgan fingerprint density at radius 2 is 2.29 bits per heavy atom. The third kappa shape index (κ3) is 2.22. The van der Waals surface area contributed by atoms with Gasteiger partial charge in [0.25, 0.3) is 0 Å². The van der Waals surface area contributed by atoms with Crippen LogP contribution in [-0.4, -0.2) is 24.5 Å². The summed E-state index contributed by atoms with van der Waals surface area (Å²) in [6.07, 6.45) is 7.55. The minimum atomic E-state index is 0.146. The first-order valence-electron chi connectivity index (χ1n) is 7.19. The molecule has 3 heteroatoms. The summed E-state index contributed by atoms with van der Waals surface area (Å²) >= 11 is 0. The molecule has 0 aromatic carbocycles. The summed E-state index contributed by atoms with van der Waals surface area (Å²) in [6, 6.07) is 0. The average molecular weight is 236 g/mol. The summed E-state index contributed by atoms with van der Waals surface area (Å²) < 4.78 is 0. The second-order valence-corrected chi connectivity index (χ2v) is 6.59. The smallest absolute Gasteiger partial charge is 0.223 e. The lowest BCUT2D eigenvalue weighted by Crippen LogP contribution is -2.49. The number of nitrogens with one attached hydrogen (secondary N) is 2. The molecule has 0 radical (unpaired) electrons. The number of hydrogen-bond acceptors (Lipinski definition) is 2. The van der Waals surface area contributed by atoms with Crippen molar-refractivity contribution in [2.45, 2.75) is 51.0 Å². The lowest BCUT2D eigenvalue weighted by atomic mass is 9.88. The normalized spacial score (nSPS) is 44.2. The predicted molar refractivity (Wildman–Crippen MR) is 67.6 cm³/mol. The van der Waals surface area contributed by atoms with E-state index in [2.05, 4.69) is 17.6 Å². The lowest BCUT2D eigenvalue weighted by molar-refractivity contribution is -0.126. The molecule has 1 amide bonds. The fraction of sp³-hybridized carbons (Fsp3) is 0.929. The summed E-state index contributed by atoms with van der Waals surface area (Å²) in [5.41, 5.74) is 0.146. The Morgan fingerprint density at radius 3 is 2.88 bits per heavy atom. The molecular weight excluding hydrogens is 212 g/mol. The zero-order valence-corrected chi connectivity index (χ0v) is 10.8. The molecule has 1 saturated heterocycles. The molecule has 4 atom stereocenters. The van der Waals surface area contributed by atoms with Gasteiger partial charge in [-0.15, -0.1) is 0 Å². The molecule has 2 N–H and O–H groups in total. The molecule has 0 aromatic heterocycles. The SMILES string of the molecule is CC1(CNC(=O)C2CC3CCC2C3)CCCN1. The standard InChI is InChI=1S/C14H24N2O/c1-14(5-2-6-16-14)9-15-13(17)12-8-10-3-4-11(12)7-10/h10-12,16H,2-9H2,1H3,(H,15,17). The van der Waals surface area contributed by atoms with Gasteiger partial charge >= 0.3 is 0 Å². The van der Waals surface area contributed by atoms with Crippen LogP contribution >= 0.6 is 0 Å². The van der Waals surface area contributed by atoms with E-state index in [1.165, 1.54) is 32.1 Å². The number of carbonyl (C=O) groups is 1. The van der Waals surface area contributed by atoms with Gasteiger partial charge in [-0.3, -0.25) is 4.79 Å². The Morgan fingerprint density at radius 1 is 1.41 bits per heavy atom. The van der Waals surface area contributed by atoms with Crippen molar-refractivity contribution in [3.63, 3.8) is 0 Å².